The van der Waals surface area contributed by atoms with E-state index < -0.39 is 6.09 Å². The van der Waals surface area contributed by atoms with Gasteiger partial charge in [0.1, 0.15) is 0 Å². The molecule has 0 radical (unpaired) electrons. The quantitative estimate of drug-likeness (QED) is 0.332. The highest BCUT2D eigenvalue weighted by molar-refractivity contribution is 5.82. The van der Waals surface area contributed by atoms with Gasteiger partial charge in [-0.25, -0.2) is 4.79 Å². The molecule has 0 spiro atoms. The van der Waals surface area contributed by atoms with Crippen LogP contribution < -0.4 is 5.32 Å². The first kappa shape index (κ1) is 31.1. The molecule has 4 fully saturated rings. The number of hydrogen-bond donors (Lipinski definition) is 3. The van der Waals surface area contributed by atoms with Crippen LogP contribution in [-0.4, -0.2) is 49.0 Å². The number of hydrogen-bond acceptors (Lipinski definition) is 3. The number of amides is 1. The van der Waals surface area contributed by atoms with Gasteiger partial charge >= 0.3 is 6.09 Å². The zero-order chi connectivity index (χ0) is 27.3. The molecule has 4 aliphatic rings. The van der Waals surface area contributed by atoms with Crippen LogP contribution in [0.4, 0.5) is 4.79 Å². The fourth-order valence-electron chi connectivity index (χ4n) is 9.63. The molecular weight excluding hydrogens is 446 g/mol. The Bertz CT molecular complexity index is 741. The Hall–Kier alpha value is -1.10. The van der Waals surface area contributed by atoms with Gasteiger partial charge in [-0.3, -0.25) is 0 Å². The first-order chi connectivity index (χ1) is 16.9. The lowest BCUT2D eigenvalue weighted by Crippen LogP contribution is -2.58. The molecule has 4 aliphatic carbocycles. The molecule has 5 nitrogen and oxygen atoms in total. The van der Waals surface area contributed by atoms with E-state index in [1.54, 1.807) is 14.1 Å². The highest BCUT2D eigenvalue weighted by Crippen LogP contribution is 2.72. The molecule has 0 bridgehead atoms. The van der Waals surface area contributed by atoms with E-state index in [4.69, 9.17) is 10.5 Å². The third-order valence-corrected chi connectivity index (χ3v) is 11.3. The van der Waals surface area contributed by atoms with Crippen LogP contribution in [0.3, 0.4) is 0 Å². The molecule has 5 heteroatoms. The molecule has 1 amide bonds. The third kappa shape index (κ3) is 5.81. The second-order valence-electron chi connectivity index (χ2n) is 13.1. The number of nitrogens with zero attached hydrogens (tertiary/aromatic N) is 1. The Kier molecular flexibility index (Phi) is 10.9. The smallest absolute Gasteiger partial charge is 0.407 e. The molecule has 36 heavy (non-hydrogen) atoms. The van der Waals surface area contributed by atoms with Crippen molar-refractivity contribution in [1.29, 1.82) is 5.41 Å². The summed E-state index contributed by atoms with van der Waals surface area (Å²) < 4.78 is 0. The molecule has 4 saturated carbocycles. The molecule has 3 N–H and O–H groups in total. The van der Waals surface area contributed by atoms with Crippen molar-refractivity contribution in [3.05, 3.63) is 0 Å². The standard InChI is InChI=1S/C24H41N.C5H12N2O2.C2H6/c1-6-24-14-13-22(4)15-16(2)7-8-19(22)20(24)11-12-23(5)18(17(3)25)9-10-21(23)24;1-6-3-4-7(2)5(8)9;1-2/h16,18-21,25H,6-15H2,1-5H3;6H,3-4H2,1-2H3,(H,8,9);1-2H3. The maximum absolute atomic E-state index is 10.1. The normalized spacial score (nSPS) is 40.8. The van der Waals surface area contributed by atoms with Gasteiger partial charge in [0.05, 0.1) is 0 Å². The predicted molar refractivity (Wildman–Crippen MR) is 153 cm³/mol. The van der Waals surface area contributed by atoms with E-state index in [0.717, 1.165) is 29.4 Å². The lowest BCUT2D eigenvalue weighted by Gasteiger charge is -2.65. The average Bonchev–Trinajstić information content (AvgIpc) is 3.21. The summed E-state index contributed by atoms with van der Waals surface area (Å²) in [5.41, 5.74) is 2.63. The number of carboxylic acid groups (broad SMARTS) is 1. The molecule has 210 valence electrons. The zero-order valence-corrected chi connectivity index (χ0v) is 25.2. The number of carbonyl (C=O) groups is 1. The molecular formula is C31H59N3O2. The summed E-state index contributed by atoms with van der Waals surface area (Å²) in [6.07, 6.45) is 13.5. The van der Waals surface area contributed by atoms with Gasteiger partial charge in [0, 0.05) is 31.8 Å². The van der Waals surface area contributed by atoms with Crippen molar-refractivity contribution in [2.24, 2.45) is 45.8 Å². The van der Waals surface area contributed by atoms with Gasteiger partial charge in [0.2, 0.25) is 0 Å². The van der Waals surface area contributed by atoms with Crippen LogP contribution in [0.5, 0.6) is 0 Å². The van der Waals surface area contributed by atoms with Crippen molar-refractivity contribution in [3.63, 3.8) is 0 Å². The fraction of sp³-hybridized carbons (Fsp3) is 0.935. The van der Waals surface area contributed by atoms with Crippen LogP contribution in [0.15, 0.2) is 0 Å². The van der Waals surface area contributed by atoms with E-state index in [-0.39, 0.29) is 0 Å². The fourth-order valence-corrected chi connectivity index (χ4v) is 9.63. The van der Waals surface area contributed by atoms with E-state index in [2.05, 4.69) is 39.9 Å². The molecule has 0 aromatic rings. The van der Waals surface area contributed by atoms with Crippen LogP contribution in [-0.2, 0) is 0 Å². The van der Waals surface area contributed by atoms with Crippen molar-refractivity contribution >= 4 is 11.8 Å². The zero-order valence-electron chi connectivity index (χ0n) is 25.2. The topological polar surface area (TPSA) is 76.4 Å². The van der Waals surface area contributed by atoms with E-state index in [0.29, 0.717) is 35.3 Å². The first-order valence-electron chi connectivity index (χ1n) is 15.1. The highest BCUT2D eigenvalue weighted by atomic mass is 16.4. The maximum atomic E-state index is 10.1. The van der Waals surface area contributed by atoms with Gasteiger partial charge < -0.3 is 20.7 Å². The SMILES string of the molecule is CC.CCC12CCC3(C)CC(C)CCC3C1CCC1(C)C(C(C)=N)CCC12.CNCCN(C)C(=O)O. The summed E-state index contributed by atoms with van der Waals surface area (Å²) in [6.45, 7) is 17.6. The predicted octanol–water partition coefficient (Wildman–Crippen LogP) is 7.94. The van der Waals surface area contributed by atoms with Crippen molar-refractivity contribution in [1.82, 2.24) is 10.2 Å². The number of fused-ring (bicyclic) bond motifs is 5. The molecule has 0 aromatic carbocycles. The van der Waals surface area contributed by atoms with Crippen molar-refractivity contribution in [3.8, 4) is 0 Å². The maximum Gasteiger partial charge on any atom is 0.407 e. The summed E-state index contributed by atoms with van der Waals surface area (Å²) >= 11 is 0. The Morgan fingerprint density at radius 2 is 1.72 bits per heavy atom. The monoisotopic (exact) mass is 505 g/mol. The minimum absolute atomic E-state index is 0.425. The van der Waals surface area contributed by atoms with Gasteiger partial charge in [-0.1, -0.05) is 48.0 Å². The van der Waals surface area contributed by atoms with E-state index in [1.165, 1.54) is 69.1 Å². The van der Waals surface area contributed by atoms with Crippen molar-refractivity contribution in [2.45, 2.75) is 113 Å². The van der Waals surface area contributed by atoms with Crippen LogP contribution in [0.2, 0.25) is 0 Å². The van der Waals surface area contributed by atoms with E-state index in [1.807, 2.05) is 13.8 Å². The first-order valence-corrected chi connectivity index (χ1v) is 15.1. The summed E-state index contributed by atoms with van der Waals surface area (Å²) in [4.78, 5) is 11.3. The van der Waals surface area contributed by atoms with Crippen LogP contribution in [0, 0.1) is 51.2 Å². The second-order valence-corrected chi connectivity index (χ2v) is 13.1. The molecule has 0 aliphatic heterocycles. The Morgan fingerprint density at radius 3 is 2.28 bits per heavy atom. The summed E-state index contributed by atoms with van der Waals surface area (Å²) in [5, 5.41) is 19.5. The number of likely N-dealkylation sites (N-methyl/N-ethyl adjacent to an activating group) is 2. The Morgan fingerprint density at radius 1 is 1.06 bits per heavy atom. The van der Waals surface area contributed by atoms with Crippen LogP contribution in [0.25, 0.3) is 0 Å². The summed E-state index contributed by atoms with van der Waals surface area (Å²) in [7, 11) is 3.33. The lowest BCUT2D eigenvalue weighted by molar-refractivity contribution is -0.162. The summed E-state index contributed by atoms with van der Waals surface area (Å²) in [5.74, 6) is 4.37. The molecule has 8 atom stereocenters. The molecule has 0 heterocycles. The van der Waals surface area contributed by atoms with E-state index >= 15 is 0 Å². The lowest BCUT2D eigenvalue weighted by atomic mass is 9.39. The summed E-state index contributed by atoms with van der Waals surface area (Å²) in [6, 6.07) is 0. The van der Waals surface area contributed by atoms with Gasteiger partial charge in [-0.05, 0) is 112 Å². The highest BCUT2D eigenvalue weighted by Gasteiger charge is 2.64. The Labute approximate surface area is 223 Å². The average molecular weight is 506 g/mol. The van der Waals surface area contributed by atoms with E-state index in [9.17, 15) is 4.79 Å². The van der Waals surface area contributed by atoms with Crippen molar-refractivity contribution < 1.29 is 9.90 Å². The van der Waals surface area contributed by atoms with Gasteiger partial charge in [0.15, 0.2) is 0 Å². The van der Waals surface area contributed by atoms with Gasteiger partial charge in [-0.2, -0.15) is 0 Å². The second kappa shape index (κ2) is 12.6. The molecule has 0 aromatic heterocycles. The van der Waals surface area contributed by atoms with Crippen molar-refractivity contribution in [2.75, 3.05) is 27.2 Å². The minimum atomic E-state index is -0.884. The number of rotatable bonds is 5. The Balaban J connectivity index is 0.000000354. The van der Waals surface area contributed by atoms with Crippen LogP contribution >= 0.6 is 0 Å². The third-order valence-electron chi connectivity index (χ3n) is 11.3. The molecule has 8 unspecified atom stereocenters. The van der Waals surface area contributed by atoms with Gasteiger partial charge in [-0.15, -0.1) is 0 Å². The number of nitrogens with one attached hydrogen (secondary N) is 2. The largest absolute Gasteiger partial charge is 0.465 e. The molecule has 4 rings (SSSR count). The van der Waals surface area contributed by atoms with Gasteiger partial charge in [0.25, 0.3) is 0 Å². The van der Waals surface area contributed by atoms with Crippen LogP contribution in [0.1, 0.15) is 113 Å². The molecule has 0 saturated heterocycles. The minimum Gasteiger partial charge on any atom is -0.465 e.